The summed E-state index contributed by atoms with van der Waals surface area (Å²) < 4.78 is 10.6. The predicted octanol–water partition coefficient (Wildman–Crippen LogP) is 1.12. The number of fused-ring (bicyclic) bond motifs is 2. The first-order chi connectivity index (χ1) is 9.35. The van der Waals surface area contributed by atoms with Crippen LogP contribution in [0, 0.1) is 11.8 Å². The maximum absolute atomic E-state index is 11.8. The largest absolute Gasteiger partial charge is 0.461 e. The van der Waals surface area contributed by atoms with Crippen LogP contribution < -0.4 is 0 Å². The number of hydrogen-bond acceptors (Lipinski definition) is 5. The summed E-state index contributed by atoms with van der Waals surface area (Å²) in [7, 11) is 0. The Labute approximate surface area is 117 Å². The van der Waals surface area contributed by atoms with Crippen molar-refractivity contribution in [1.29, 1.82) is 0 Å². The molecule has 0 aromatic rings. The van der Waals surface area contributed by atoms with Gasteiger partial charge in [0.15, 0.2) is 0 Å². The SMILES string of the molecule is C[C@@H]1C(=O)O[C@H]2CC3=C[C@@H](C[C@@](C)(O)/C=C/[C@@H]21)OC3=O. The van der Waals surface area contributed by atoms with Crippen LogP contribution in [-0.4, -0.2) is 34.9 Å². The lowest BCUT2D eigenvalue weighted by molar-refractivity contribution is -0.145. The quantitative estimate of drug-likeness (QED) is 0.531. The van der Waals surface area contributed by atoms with Crippen LogP contribution in [0.5, 0.6) is 0 Å². The highest BCUT2D eigenvalue weighted by molar-refractivity contribution is 5.91. The number of esters is 2. The van der Waals surface area contributed by atoms with Gasteiger partial charge in [-0.2, -0.15) is 0 Å². The molecule has 3 rings (SSSR count). The van der Waals surface area contributed by atoms with E-state index in [0.717, 1.165) is 0 Å². The van der Waals surface area contributed by atoms with E-state index in [0.29, 0.717) is 18.4 Å². The molecule has 5 atom stereocenters. The smallest absolute Gasteiger partial charge is 0.334 e. The zero-order chi connectivity index (χ0) is 14.5. The summed E-state index contributed by atoms with van der Waals surface area (Å²) >= 11 is 0. The summed E-state index contributed by atoms with van der Waals surface area (Å²) in [5, 5.41) is 10.3. The van der Waals surface area contributed by atoms with E-state index in [1.165, 1.54) is 0 Å². The topological polar surface area (TPSA) is 72.8 Å². The number of aliphatic hydroxyl groups is 1. The van der Waals surface area contributed by atoms with E-state index in [-0.39, 0.29) is 29.9 Å². The van der Waals surface area contributed by atoms with E-state index in [9.17, 15) is 14.7 Å². The fraction of sp³-hybridized carbons (Fsp3) is 0.600. The molecule has 3 aliphatic rings. The fourth-order valence-electron chi connectivity index (χ4n) is 3.08. The van der Waals surface area contributed by atoms with Crippen LogP contribution in [-0.2, 0) is 19.1 Å². The normalized spacial score (nSPS) is 45.2. The zero-order valence-corrected chi connectivity index (χ0v) is 11.5. The average molecular weight is 278 g/mol. The molecule has 0 saturated carbocycles. The Morgan fingerprint density at radius 2 is 2.10 bits per heavy atom. The molecular weight excluding hydrogens is 260 g/mol. The predicted molar refractivity (Wildman–Crippen MR) is 69.5 cm³/mol. The van der Waals surface area contributed by atoms with Gasteiger partial charge in [0.25, 0.3) is 0 Å². The van der Waals surface area contributed by atoms with Crippen LogP contribution in [0.2, 0.25) is 0 Å². The summed E-state index contributed by atoms with van der Waals surface area (Å²) in [6, 6.07) is 0. The molecule has 1 aliphatic carbocycles. The average Bonchev–Trinajstić information content (AvgIpc) is 2.79. The minimum absolute atomic E-state index is 0.125. The molecule has 2 bridgehead atoms. The molecule has 1 saturated heterocycles. The molecule has 108 valence electrons. The number of rotatable bonds is 0. The molecule has 5 heteroatoms. The molecule has 2 aliphatic heterocycles. The van der Waals surface area contributed by atoms with Gasteiger partial charge in [0, 0.05) is 24.3 Å². The Hall–Kier alpha value is -1.62. The van der Waals surface area contributed by atoms with Crippen LogP contribution in [0.1, 0.15) is 26.7 Å². The molecule has 0 spiro atoms. The minimum atomic E-state index is -1.08. The minimum Gasteiger partial charge on any atom is -0.461 e. The first-order valence-electron chi connectivity index (χ1n) is 6.90. The van der Waals surface area contributed by atoms with E-state index >= 15 is 0 Å². The Morgan fingerprint density at radius 1 is 1.35 bits per heavy atom. The van der Waals surface area contributed by atoms with Gasteiger partial charge in [-0.15, -0.1) is 0 Å². The third kappa shape index (κ3) is 2.26. The van der Waals surface area contributed by atoms with Gasteiger partial charge < -0.3 is 14.6 Å². The summed E-state index contributed by atoms with van der Waals surface area (Å²) in [6.07, 6.45) is 5.19. The first-order valence-corrected chi connectivity index (χ1v) is 6.90. The second-order valence-corrected chi connectivity index (χ2v) is 6.10. The Bertz CT molecular complexity index is 516. The van der Waals surface area contributed by atoms with Crippen LogP contribution in [0.4, 0.5) is 0 Å². The number of ether oxygens (including phenoxy) is 2. The summed E-state index contributed by atoms with van der Waals surface area (Å²) in [5.41, 5.74) is -0.539. The second kappa shape index (κ2) is 4.45. The highest BCUT2D eigenvalue weighted by Crippen LogP contribution is 2.37. The van der Waals surface area contributed by atoms with Crippen molar-refractivity contribution in [2.75, 3.05) is 0 Å². The molecule has 1 N–H and O–H groups in total. The van der Waals surface area contributed by atoms with Gasteiger partial charge >= 0.3 is 11.9 Å². The number of hydrogen-bond donors (Lipinski definition) is 1. The monoisotopic (exact) mass is 278 g/mol. The Kier molecular flexibility index (Phi) is 2.97. The van der Waals surface area contributed by atoms with Crippen LogP contribution >= 0.6 is 0 Å². The number of carbonyl (C=O) groups excluding carboxylic acids is 2. The molecule has 0 aromatic carbocycles. The van der Waals surface area contributed by atoms with Gasteiger partial charge in [-0.3, -0.25) is 4.79 Å². The molecule has 0 unspecified atom stereocenters. The maximum Gasteiger partial charge on any atom is 0.334 e. The molecule has 0 aromatic heterocycles. The highest BCUT2D eigenvalue weighted by atomic mass is 16.6. The van der Waals surface area contributed by atoms with Gasteiger partial charge in [0.1, 0.15) is 12.2 Å². The van der Waals surface area contributed by atoms with Crippen LogP contribution in [0.25, 0.3) is 0 Å². The van der Waals surface area contributed by atoms with E-state index in [1.54, 1.807) is 19.1 Å². The molecule has 0 amide bonds. The molecule has 2 heterocycles. The first kappa shape index (κ1) is 13.4. The van der Waals surface area contributed by atoms with Crippen molar-refractivity contribution in [2.45, 2.75) is 44.5 Å². The molecular formula is C15H18O5. The lowest BCUT2D eigenvalue weighted by Gasteiger charge is -2.23. The van der Waals surface area contributed by atoms with Gasteiger partial charge in [0.2, 0.25) is 0 Å². The number of carbonyl (C=O) groups is 2. The summed E-state index contributed by atoms with van der Waals surface area (Å²) in [5.74, 6) is -1.02. The van der Waals surface area contributed by atoms with Crippen LogP contribution in [0.3, 0.4) is 0 Å². The van der Waals surface area contributed by atoms with Gasteiger partial charge in [-0.05, 0) is 13.0 Å². The zero-order valence-electron chi connectivity index (χ0n) is 11.5. The van der Waals surface area contributed by atoms with Gasteiger partial charge in [0.05, 0.1) is 11.5 Å². The van der Waals surface area contributed by atoms with Crippen molar-refractivity contribution in [3.8, 4) is 0 Å². The lowest BCUT2D eigenvalue weighted by atomic mass is 9.85. The summed E-state index contributed by atoms with van der Waals surface area (Å²) in [4.78, 5) is 23.5. The van der Waals surface area contributed by atoms with Crippen molar-refractivity contribution in [3.05, 3.63) is 23.8 Å². The Morgan fingerprint density at radius 3 is 2.85 bits per heavy atom. The van der Waals surface area contributed by atoms with Crippen molar-refractivity contribution >= 4 is 11.9 Å². The van der Waals surface area contributed by atoms with Gasteiger partial charge in [-0.25, -0.2) is 4.79 Å². The second-order valence-electron chi connectivity index (χ2n) is 6.10. The lowest BCUT2D eigenvalue weighted by Crippen LogP contribution is -2.28. The van der Waals surface area contributed by atoms with E-state index in [1.807, 2.05) is 13.0 Å². The van der Waals surface area contributed by atoms with Crippen LogP contribution in [0.15, 0.2) is 23.8 Å². The molecule has 20 heavy (non-hydrogen) atoms. The standard InChI is InChI=1S/C15H18O5/c1-8-11-3-4-15(2,18)7-10-5-9(14(17)19-10)6-12(11)20-13(8)16/h3-5,8,10-12,18H,6-7H2,1-2H3/b4-3+/t8-,10-,11+,12-,15-/m0/s1. The van der Waals surface area contributed by atoms with E-state index in [2.05, 4.69) is 0 Å². The van der Waals surface area contributed by atoms with Crippen molar-refractivity contribution < 1.29 is 24.2 Å². The highest BCUT2D eigenvalue weighted by Gasteiger charge is 2.43. The van der Waals surface area contributed by atoms with Crippen molar-refractivity contribution in [2.24, 2.45) is 11.8 Å². The fourth-order valence-corrected chi connectivity index (χ4v) is 3.08. The van der Waals surface area contributed by atoms with Gasteiger partial charge in [-0.1, -0.05) is 19.1 Å². The molecule has 5 nitrogen and oxygen atoms in total. The summed E-state index contributed by atoms with van der Waals surface area (Å²) in [6.45, 7) is 3.48. The Balaban J connectivity index is 1.96. The maximum atomic E-state index is 11.8. The third-order valence-electron chi connectivity index (χ3n) is 4.27. The van der Waals surface area contributed by atoms with E-state index in [4.69, 9.17) is 9.47 Å². The van der Waals surface area contributed by atoms with Crippen molar-refractivity contribution in [1.82, 2.24) is 0 Å². The molecule has 1 fully saturated rings. The van der Waals surface area contributed by atoms with E-state index < -0.39 is 11.7 Å². The molecule has 0 radical (unpaired) electrons. The van der Waals surface area contributed by atoms with Crippen molar-refractivity contribution in [3.63, 3.8) is 0 Å². The third-order valence-corrected chi connectivity index (χ3v) is 4.27.